The van der Waals surface area contributed by atoms with Crippen LogP contribution >= 0.6 is 36.2 Å². The summed E-state index contributed by atoms with van der Waals surface area (Å²) < 4.78 is 0.795. The lowest BCUT2D eigenvalue weighted by molar-refractivity contribution is 1.48. The summed E-state index contributed by atoms with van der Waals surface area (Å²) in [5.74, 6) is 3.70. The van der Waals surface area contributed by atoms with Gasteiger partial charge in [-0.2, -0.15) is 12.6 Å². The Kier molecular flexibility index (Phi) is 5.53. The van der Waals surface area contributed by atoms with Gasteiger partial charge in [-0.25, -0.2) is 0 Å². The second-order valence-electron chi connectivity index (χ2n) is 1.35. The van der Waals surface area contributed by atoms with Crippen LogP contribution in [-0.2, 0) is 0 Å². The van der Waals surface area contributed by atoms with E-state index < -0.39 is 0 Å². The normalized spacial score (nSPS) is 20.6. The maximum absolute atomic E-state index is 4.17. The molecule has 50 valence electrons. The molecule has 1 saturated heterocycles. The lowest BCUT2D eigenvalue weighted by Crippen LogP contribution is -1.89. The molecule has 8 heavy (non-hydrogen) atoms. The molecule has 0 amide bonds. The van der Waals surface area contributed by atoms with Crippen molar-refractivity contribution < 1.29 is 0 Å². The maximum Gasteiger partial charge on any atom is 0.0590 e. The molecule has 0 nitrogen and oxygen atoms in total. The van der Waals surface area contributed by atoms with Gasteiger partial charge >= 0.3 is 0 Å². The van der Waals surface area contributed by atoms with Gasteiger partial charge in [0.1, 0.15) is 0 Å². The molecule has 0 N–H and O–H groups in total. The highest BCUT2D eigenvalue weighted by atomic mass is 32.2. The van der Waals surface area contributed by atoms with Gasteiger partial charge in [-0.15, -0.1) is 23.5 Å². The van der Waals surface area contributed by atoms with Gasteiger partial charge in [0.25, 0.3) is 0 Å². The van der Waals surface area contributed by atoms with E-state index in [0.717, 1.165) is 10.3 Å². The van der Waals surface area contributed by atoms with Crippen molar-refractivity contribution in [3.63, 3.8) is 0 Å². The molecule has 0 aromatic rings. The van der Waals surface area contributed by atoms with Crippen molar-refractivity contribution in [2.24, 2.45) is 0 Å². The summed E-state index contributed by atoms with van der Waals surface area (Å²) >= 11 is 8.23. The smallest absolute Gasteiger partial charge is 0.0590 e. The first kappa shape index (κ1) is 9.05. The van der Waals surface area contributed by atoms with Crippen LogP contribution in [0.3, 0.4) is 0 Å². The minimum absolute atomic E-state index is 0. The molecule has 0 aromatic heterocycles. The fourth-order valence-electron chi connectivity index (χ4n) is 0.513. The number of rotatable bonds is 1. The van der Waals surface area contributed by atoms with Gasteiger partial charge in [-0.1, -0.05) is 7.43 Å². The SMILES string of the molecule is C.SCC1SCCS1. The summed E-state index contributed by atoms with van der Waals surface area (Å²) in [6, 6.07) is 0. The van der Waals surface area contributed by atoms with Crippen molar-refractivity contribution in [1.82, 2.24) is 0 Å². The third kappa shape index (κ3) is 2.55. The van der Waals surface area contributed by atoms with Gasteiger partial charge in [0.15, 0.2) is 0 Å². The molecule has 1 heterocycles. The Labute approximate surface area is 65.6 Å². The molecule has 1 aliphatic rings. The van der Waals surface area contributed by atoms with Gasteiger partial charge in [-0.3, -0.25) is 0 Å². The summed E-state index contributed by atoms with van der Waals surface area (Å²) in [5.41, 5.74) is 0. The van der Waals surface area contributed by atoms with Crippen LogP contribution in [-0.4, -0.2) is 21.8 Å². The second-order valence-corrected chi connectivity index (χ2v) is 4.64. The third-order valence-corrected chi connectivity index (χ3v) is 4.73. The van der Waals surface area contributed by atoms with E-state index in [1.165, 1.54) is 11.5 Å². The Morgan fingerprint density at radius 3 is 2.12 bits per heavy atom. The zero-order valence-corrected chi connectivity index (χ0v) is 6.49. The fraction of sp³-hybridized carbons (Fsp3) is 1.00. The predicted molar refractivity (Wildman–Crippen MR) is 49.3 cm³/mol. The van der Waals surface area contributed by atoms with Crippen LogP contribution < -0.4 is 0 Å². The monoisotopic (exact) mass is 168 g/mol. The molecule has 0 spiro atoms. The van der Waals surface area contributed by atoms with Crippen LogP contribution in [0.4, 0.5) is 0 Å². The molecule has 0 bridgehead atoms. The number of thioether (sulfide) groups is 2. The molecule has 1 rings (SSSR count). The molecule has 0 radical (unpaired) electrons. The van der Waals surface area contributed by atoms with Crippen LogP contribution in [0.1, 0.15) is 7.43 Å². The standard InChI is InChI=1S/C4H8S3.CH4/c5-3-4-6-1-2-7-4;/h4-5H,1-3H2;1H4. The summed E-state index contributed by atoms with van der Waals surface area (Å²) in [4.78, 5) is 0. The minimum Gasteiger partial charge on any atom is -0.177 e. The first-order valence-electron chi connectivity index (χ1n) is 2.27. The van der Waals surface area contributed by atoms with Crippen molar-refractivity contribution >= 4 is 36.2 Å². The van der Waals surface area contributed by atoms with Crippen molar-refractivity contribution in [2.75, 3.05) is 17.3 Å². The largest absolute Gasteiger partial charge is 0.177 e. The molecule has 1 aliphatic heterocycles. The summed E-state index contributed by atoms with van der Waals surface area (Å²) in [6.07, 6.45) is 0. The lowest BCUT2D eigenvalue weighted by Gasteiger charge is -1.98. The maximum atomic E-state index is 4.17. The molecular weight excluding hydrogens is 156 g/mol. The molecule has 0 aromatic carbocycles. The van der Waals surface area contributed by atoms with Crippen LogP contribution in [0.5, 0.6) is 0 Å². The molecule has 1 fully saturated rings. The highest BCUT2D eigenvalue weighted by Crippen LogP contribution is 2.31. The number of thiol groups is 1. The van der Waals surface area contributed by atoms with E-state index in [2.05, 4.69) is 12.6 Å². The Bertz CT molecular complexity index is 49.6. The van der Waals surface area contributed by atoms with E-state index in [0.29, 0.717) is 0 Å². The van der Waals surface area contributed by atoms with Crippen LogP contribution in [0.2, 0.25) is 0 Å². The van der Waals surface area contributed by atoms with E-state index in [9.17, 15) is 0 Å². The van der Waals surface area contributed by atoms with E-state index >= 15 is 0 Å². The molecule has 3 heteroatoms. The third-order valence-electron chi connectivity index (χ3n) is 0.840. The highest BCUT2D eigenvalue weighted by molar-refractivity contribution is 8.20. The zero-order chi connectivity index (χ0) is 5.11. The van der Waals surface area contributed by atoms with Crippen LogP contribution in [0.25, 0.3) is 0 Å². The average molecular weight is 168 g/mol. The molecule has 0 saturated carbocycles. The second kappa shape index (κ2) is 4.89. The molecule has 0 atom stereocenters. The van der Waals surface area contributed by atoms with Crippen LogP contribution in [0, 0.1) is 0 Å². The molecule has 0 unspecified atom stereocenters. The van der Waals surface area contributed by atoms with E-state index in [1.54, 1.807) is 0 Å². The minimum atomic E-state index is 0. The average Bonchev–Trinajstić information content (AvgIpc) is 2.14. The molecular formula is C5H12S3. The Hall–Kier alpha value is 1.05. The van der Waals surface area contributed by atoms with E-state index in [-0.39, 0.29) is 7.43 Å². The Balaban J connectivity index is 0.000000490. The van der Waals surface area contributed by atoms with Crippen molar-refractivity contribution in [1.29, 1.82) is 0 Å². The summed E-state index contributed by atoms with van der Waals surface area (Å²) in [6.45, 7) is 0. The van der Waals surface area contributed by atoms with Crippen LogP contribution in [0.15, 0.2) is 0 Å². The van der Waals surface area contributed by atoms with E-state index in [1.807, 2.05) is 23.5 Å². The van der Waals surface area contributed by atoms with Gasteiger partial charge in [0, 0.05) is 17.3 Å². The number of hydrogen-bond acceptors (Lipinski definition) is 3. The highest BCUT2D eigenvalue weighted by Gasteiger charge is 2.12. The Morgan fingerprint density at radius 2 is 1.88 bits per heavy atom. The van der Waals surface area contributed by atoms with Crippen molar-refractivity contribution in [3.05, 3.63) is 0 Å². The van der Waals surface area contributed by atoms with Gasteiger partial charge in [-0.05, 0) is 0 Å². The quantitative estimate of drug-likeness (QED) is 0.597. The number of hydrogen-bond donors (Lipinski definition) is 1. The van der Waals surface area contributed by atoms with E-state index in [4.69, 9.17) is 0 Å². The topological polar surface area (TPSA) is 0 Å². The summed E-state index contributed by atoms with van der Waals surface area (Å²) in [5, 5.41) is 0. The lowest BCUT2D eigenvalue weighted by atomic mass is 10.9. The predicted octanol–water partition coefficient (Wildman–Crippen LogP) is 2.36. The van der Waals surface area contributed by atoms with Crippen molar-refractivity contribution in [3.8, 4) is 0 Å². The first-order valence-corrected chi connectivity index (χ1v) is 5.00. The molecule has 0 aliphatic carbocycles. The van der Waals surface area contributed by atoms with Gasteiger partial charge in [0.2, 0.25) is 0 Å². The zero-order valence-electron chi connectivity index (χ0n) is 3.96. The first-order chi connectivity index (χ1) is 3.43. The fourth-order valence-corrected chi connectivity index (χ4v) is 3.61. The summed E-state index contributed by atoms with van der Waals surface area (Å²) in [7, 11) is 0. The van der Waals surface area contributed by atoms with Gasteiger partial charge in [0.05, 0.1) is 4.58 Å². The van der Waals surface area contributed by atoms with Gasteiger partial charge < -0.3 is 0 Å². The van der Waals surface area contributed by atoms with Crippen molar-refractivity contribution in [2.45, 2.75) is 12.0 Å². The Morgan fingerprint density at radius 1 is 1.38 bits per heavy atom.